The third kappa shape index (κ3) is 5.85. The van der Waals surface area contributed by atoms with Crippen LogP contribution in [0.3, 0.4) is 0 Å². The smallest absolute Gasteiger partial charge is 0.331 e. The van der Waals surface area contributed by atoms with Crippen molar-refractivity contribution >= 4 is 33.1 Å². The lowest BCUT2D eigenvalue weighted by atomic mass is 10.1. The molecule has 1 N–H and O–H groups in total. The van der Waals surface area contributed by atoms with E-state index < -0.39 is 10.6 Å². The van der Waals surface area contributed by atoms with Crippen LogP contribution < -0.4 is 26.0 Å². The Balaban J connectivity index is 1.16. The Kier molecular flexibility index (Phi) is 7.73. The molecule has 0 unspecified atom stereocenters. The zero-order valence-corrected chi connectivity index (χ0v) is 21.8. The molecule has 0 radical (unpaired) electrons. The lowest BCUT2D eigenvalue weighted by Gasteiger charge is -2.12. The second-order valence-corrected chi connectivity index (χ2v) is 10.1. The van der Waals surface area contributed by atoms with E-state index >= 15 is 0 Å². The molecule has 3 heterocycles. The fourth-order valence-corrected chi connectivity index (χ4v) is 5.30. The molecule has 1 aliphatic rings. The Hall–Kier alpha value is -4.45. The number of nitro groups is 1. The monoisotopic (exact) mass is 550 g/mol. The van der Waals surface area contributed by atoms with Crippen LogP contribution in [0.5, 0.6) is 11.5 Å². The Bertz CT molecular complexity index is 1640. The van der Waals surface area contributed by atoms with Crippen LogP contribution in [0.2, 0.25) is 0 Å². The quantitative estimate of drug-likeness (QED) is 0.171. The molecule has 5 rings (SSSR count). The van der Waals surface area contributed by atoms with E-state index in [1.54, 1.807) is 23.6 Å². The van der Waals surface area contributed by atoms with Crippen molar-refractivity contribution in [2.24, 2.45) is 0 Å². The van der Waals surface area contributed by atoms with Crippen molar-refractivity contribution in [1.82, 2.24) is 14.5 Å². The SMILES string of the molecule is O=C(CCCCCn1c(=O)c2sccc2n(Cc2ccc([N+](=O)[O-])cc2)c1=O)NCc1ccc2c(c1)OCO2. The van der Waals surface area contributed by atoms with Crippen molar-refractivity contribution < 1.29 is 19.2 Å². The highest BCUT2D eigenvalue weighted by Gasteiger charge is 2.16. The summed E-state index contributed by atoms with van der Waals surface area (Å²) in [5.74, 6) is 1.29. The minimum absolute atomic E-state index is 0.0293. The zero-order valence-electron chi connectivity index (χ0n) is 21.0. The molecule has 0 aliphatic carbocycles. The van der Waals surface area contributed by atoms with E-state index in [4.69, 9.17) is 9.47 Å². The Morgan fingerprint density at radius 1 is 0.974 bits per heavy atom. The van der Waals surface area contributed by atoms with Gasteiger partial charge in [-0.25, -0.2) is 4.79 Å². The first-order valence-corrected chi connectivity index (χ1v) is 13.4. The number of thiophene rings is 1. The maximum Gasteiger partial charge on any atom is 0.331 e. The number of nitrogens with one attached hydrogen (secondary N) is 1. The third-order valence-corrected chi connectivity index (χ3v) is 7.43. The van der Waals surface area contributed by atoms with Gasteiger partial charge in [0, 0.05) is 31.6 Å². The van der Waals surface area contributed by atoms with E-state index in [1.807, 2.05) is 18.2 Å². The first kappa shape index (κ1) is 26.2. The highest BCUT2D eigenvalue weighted by atomic mass is 32.1. The van der Waals surface area contributed by atoms with Gasteiger partial charge < -0.3 is 14.8 Å². The number of carbonyl (C=O) groups excluding carboxylic acids is 1. The van der Waals surface area contributed by atoms with E-state index in [0.29, 0.717) is 59.5 Å². The number of ether oxygens (including phenoxy) is 2. The number of hydrogen-bond donors (Lipinski definition) is 1. The van der Waals surface area contributed by atoms with Crippen LogP contribution in [0.1, 0.15) is 36.8 Å². The molecular formula is C27H26N4O7S. The van der Waals surface area contributed by atoms with E-state index in [9.17, 15) is 24.5 Å². The van der Waals surface area contributed by atoms with Gasteiger partial charge in [-0.05, 0) is 47.5 Å². The van der Waals surface area contributed by atoms with Gasteiger partial charge in [-0.15, -0.1) is 11.3 Å². The molecule has 4 aromatic rings. The molecule has 1 aliphatic heterocycles. The molecule has 202 valence electrons. The van der Waals surface area contributed by atoms with Crippen molar-refractivity contribution in [1.29, 1.82) is 0 Å². The van der Waals surface area contributed by atoms with E-state index in [0.717, 1.165) is 5.56 Å². The van der Waals surface area contributed by atoms with Crippen LogP contribution >= 0.6 is 11.3 Å². The highest BCUT2D eigenvalue weighted by Crippen LogP contribution is 2.32. The second-order valence-electron chi connectivity index (χ2n) is 9.16. The minimum Gasteiger partial charge on any atom is -0.454 e. The summed E-state index contributed by atoms with van der Waals surface area (Å²) in [6, 6.07) is 13.3. The predicted octanol–water partition coefficient (Wildman–Crippen LogP) is 3.79. The predicted molar refractivity (Wildman–Crippen MR) is 145 cm³/mol. The topological polar surface area (TPSA) is 135 Å². The van der Waals surface area contributed by atoms with Crippen LogP contribution in [0, 0.1) is 10.1 Å². The number of nitrogens with zero attached hydrogens (tertiary/aromatic N) is 3. The number of benzene rings is 2. The van der Waals surface area contributed by atoms with Crippen LogP contribution in [-0.4, -0.2) is 26.8 Å². The molecule has 2 aromatic carbocycles. The first-order chi connectivity index (χ1) is 18.9. The van der Waals surface area contributed by atoms with E-state index in [-0.39, 0.29) is 37.0 Å². The van der Waals surface area contributed by atoms with Crippen molar-refractivity contribution in [3.8, 4) is 11.5 Å². The number of fused-ring (bicyclic) bond motifs is 2. The number of unbranched alkanes of at least 4 members (excludes halogenated alkanes) is 2. The van der Waals surface area contributed by atoms with Gasteiger partial charge >= 0.3 is 5.69 Å². The average molecular weight is 551 g/mol. The summed E-state index contributed by atoms with van der Waals surface area (Å²) in [6.45, 7) is 1.02. The standard InChI is InChI=1S/C27H26N4O7S/c32-24(28-15-19-7-10-22-23(14-19)38-17-37-22)4-2-1-3-12-29-26(33)25-21(11-13-39-25)30(27(29)34)16-18-5-8-20(9-6-18)31(35)36/h5-11,13-14H,1-4,12,15-17H2,(H,28,32). The number of aromatic nitrogens is 2. The summed E-state index contributed by atoms with van der Waals surface area (Å²) in [6.07, 6.45) is 2.21. The molecule has 12 heteroatoms. The number of carbonyl (C=O) groups is 1. The maximum absolute atomic E-state index is 13.3. The molecule has 0 saturated heterocycles. The van der Waals surface area contributed by atoms with Gasteiger partial charge in [0.05, 0.1) is 17.0 Å². The van der Waals surface area contributed by atoms with Crippen molar-refractivity contribution in [2.45, 2.75) is 45.3 Å². The Morgan fingerprint density at radius 3 is 2.54 bits per heavy atom. The minimum atomic E-state index is -0.476. The highest BCUT2D eigenvalue weighted by molar-refractivity contribution is 7.17. The molecule has 0 spiro atoms. The van der Waals surface area contributed by atoms with Gasteiger partial charge in [-0.2, -0.15) is 0 Å². The van der Waals surface area contributed by atoms with Crippen LogP contribution in [0.15, 0.2) is 63.5 Å². The summed E-state index contributed by atoms with van der Waals surface area (Å²) in [4.78, 5) is 49.0. The van der Waals surface area contributed by atoms with Gasteiger partial charge in [-0.1, -0.05) is 24.6 Å². The van der Waals surface area contributed by atoms with Crippen molar-refractivity contribution in [2.75, 3.05) is 6.79 Å². The Morgan fingerprint density at radius 2 is 1.74 bits per heavy atom. The summed E-state index contributed by atoms with van der Waals surface area (Å²) < 4.78 is 13.9. The molecule has 0 bridgehead atoms. The molecule has 39 heavy (non-hydrogen) atoms. The zero-order chi connectivity index (χ0) is 27.4. The fraction of sp³-hybridized carbons (Fsp3) is 0.296. The number of rotatable bonds is 11. The molecule has 11 nitrogen and oxygen atoms in total. The van der Waals surface area contributed by atoms with Gasteiger partial charge in [0.1, 0.15) is 4.70 Å². The van der Waals surface area contributed by atoms with Crippen LogP contribution in [0.25, 0.3) is 10.2 Å². The lowest BCUT2D eigenvalue weighted by Crippen LogP contribution is -2.39. The molecule has 2 aromatic heterocycles. The number of non-ortho nitro benzene ring substituents is 1. The van der Waals surface area contributed by atoms with E-state index in [2.05, 4.69) is 5.32 Å². The Labute approximate surface area is 226 Å². The average Bonchev–Trinajstić information content (AvgIpc) is 3.61. The van der Waals surface area contributed by atoms with Gasteiger partial charge in [0.2, 0.25) is 12.7 Å². The van der Waals surface area contributed by atoms with Crippen molar-refractivity contribution in [3.63, 3.8) is 0 Å². The summed E-state index contributed by atoms with van der Waals surface area (Å²) in [5, 5.41) is 15.6. The second kappa shape index (κ2) is 11.5. The molecule has 0 atom stereocenters. The van der Waals surface area contributed by atoms with Crippen LogP contribution in [-0.2, 0) is 24.4 Å². The largest absolute Gasteiger partial charge is 0.454 e. The maximum atomic E-state index is 13.3. The number of hydrogen-bond acceptors (Lipinski definition) is 8. The molecular weight excluding hydrogens is 524 g/mol. The van der Waals surface area contributed by atoms with Gasteiger partial charge in [-0.3, -0.25) is 28.8 Å². The number of amides is 1. The summed E-state index contributed by atoms with van der Waals surface area (Å²) in [7, 11) is 0. The van der Waals surface area contributed by atoms with E-state index in [1.165, 1.54) is 32.6 Å². The third-order valence-electron chi connectivity index (χ3n) is 6.54. The lowest BCUT2D eigenvalue weighted by molar-refractivity contribution is -0.384. The van der Waals surface area contributed by atoms with Crippen molar-refractivity contribution in [3.05, 3.63) is 96.0 Å². The van der Waals surface area contributed by atoms with Gasteiger partial charge in [0.25, 0.3) is 11.2 Å². The molecule has 1 amide bonds. The molecule has 0 saturated carbocycles. The summed E-state index contributed by atoms with van der Waals surface area (Å²) in [5.41, 5.74) is 1.40. The van der Waals surface area contributed by atoms with Gasteiger partial charge in [0.15, 0.2) is 11.5 Å². The van der Waals surface area contributed by atoms with Crippen LogP contribution in [0.4, 0.5) is 5.69 Å². The fourth-order valence-electron chi connectivity index (χ4n) is 4.46. The first-order valence-electron chi connectivity index (χ1n) is 12.5. The summed E-state index contributed by atoms with van der Waals surface area (Å²) >= 11 is 1.28. The molecule has 0 fully saturated rings. The number of nitro benzene ring substituents is 1. The normalized spacial score (nSPS) is 12.1.